The van der Waals surface area contributed by atoms with Crippen LogP contribution in [0.25, 0.3) is 55.0 Å². The second kappa shape index (κ2) is 7.60. The second-order valence-electron chi connectivity index (χ2n) is 8.91. The Morgan fingerprint density at radius 1 is 0.417 bits per heavy atom. The zero-order valence-corrected chi connectivity index (χ0v) is 19.2. The van der Waals surface area contributed by atoms with E-state index in [1.807, 2.05) is 42.5 Å². The smallest absolute Gasteiger partial charge is 0.0991 e. The van der Waals surface area contributed by atoms with E-state index in [1.54, 1.807) is 0 Å². The van der Waals surface area contributed by atoms with Gasteiger partial charge in [0.05, 0.1) is 45.3 Å². The molecule has 0 aliphatic heterocycles. The molecule has 0 radical (unpaired) electrons. The van der Waals surface area contributed by atoms with Crippen LogP contribution in [0.1, 0.15) is 11.1 Å². The minimum Gasteiger partial charge on any atom is -0.309 e. The number of hydrogen-bond acceptors (Lipinski definition) is 2. The monoisotopic (exact) mass is 458 g/mol. The molecule has 2 heterocycles. The van der Waals surface area contributed by atoms with Crippen LogP contribution < -0.4 is 0 Å². The maximum absolute atomic E-state index is 9.51. The number of fused-ring (bicyclic) bond motifs is 6. The Hall–Kier alpha value is -5.32. The number of aromatic nitrogens is 2. The van der Waals surface area contributed by atoms with E-state index in [-0.39, 0.29) is 0 Å². The average Bonchev–Trinajstić information content (AvgIpc) is 3.44. The fraction of sp³-hybridized carbons (Fsp3) is 0. The zero-order chi connectivity index (χ0) is 24.2. The maximum Gasteiger partial charge on any atom is 0.0991 e. The molecule has 7 aromatic rings. The van der Waals surface area contributed by atoms with Crippen molar-refractivity contribution in [2.24, 2.45) is 0 Å². The number of nitrogens with zero attached hydrogens (tertiary/aromatic N) is 4. The van der Waals surface area contributed by atoms with Crippen molar-refractivity contribution in [2.45, 2.75) is 0 Å². The minimum atomic E-state index is 0.601. The van der Waals surface area contributed by atoms with Crippen molar-refractivity contribution < 1.29 is 0 Å². The summed E-state index contributed by atoms with van der Waals surface area (Å²) in [6, 6.07) is 41.5. The van der Waals surface area contributed by atoms with Crippen LogP contribution in [0.3, 0.4) is 0 Å². The van der Waals surface area contributed by atoms with E-state index in [2.05, 4.69) is 88.0 Å². The van der Waals surface area contributed by atoms with E-state index in [9.17, 15) is 10.5 Å². The Balaban J connectivity index is 1.60. The summed E-state index contributed by atoms with van der Waals surface area (Å²) in [5, 5.41) is 23.3. The molecule has 4 heteroatoms. The summed E-state index contributed by atoms with van der Waals surface area (Å²) in [4.78, 5) is 0. The van der Waals surface area contributed by atoms with Gasteiger partial charge in [0, 0.05) is 32.9 Å². The molecule has 0 aliphatic carbocycles. The summed E-state index contributed by atoms with van der Waals surface area (Å²) in [5.41, 5.74) is 7.62. The predicted octanol–water partition coefficient (Wildman–Crippen LogP) is 7.62. The molecule has 0 unspecified atom stereocenters. The lowest BCUT2D eigenvalue weighted by atomic mass is 10.1. The van der Waals surface area contributed by atoms with Crippen LogP contribution in [0.5, 0.6) is 0 Å². The highest BCUT2D eigenvalue weighted by Crippen LogP contribution is 2.37. The van der Waals surface area contributed by atoms with E-state index < -0.39 is 0 Å². The number of hydrogen-bond donors (Lipinski definition) is 0. The molecular formula is C32H18N4. The summed E-state index contributed by atoms with van der Waals surface area (Å²) in [6.07, 6.45) is 0. The normalized spacial score (nSPS) is 11.3. The fourth-order valence-electron chi connectivity index (χ4n) is 5.39. The summed E-state index contributed by atoms with van der Waals surface area (Å²) in [5.74, 6) is 0. The Labute approximate surface area is 207 Å². The highest BCUT2D eigenvalue weighted by molar-refractivity contribution is 6.12. The molecule has 7 rings (SSSR count). The van der Waals surface area contributed by atoms with Gasteiger partial charge in [-0.1, -0.05) is 42.5 Å². The Bertz CT molecular complexity index is 1990. The number of rotatable bonds is 2. The van der Waals surface area contributed by atoms with Gasteiger partial charge >= 0.3 is 0 Å². The first-order valence-corrected chi connectivity index (χ1v) is 11.7. The fourth-order valence-corrected chi connectivity index (χ4v) is 5.39. The highest BCUT2D eigenvalue weighted by atomic mass is 15.0. The minimum absolute atomic E-state index is 0.601. The van der Waals surface area contributed by atoms with E-state index in [4.69, 9.17) is 0 Å². The molecule has 0 atom stereocenters. The highest BCUT2D eigenvalue weighted by Gasteiger charge is 2.17. The molecule has 0 bridgehead atoms. The summed E-state index contributed by atoms with van der Waals surface area (Å²) >= 11 is 0. The van der Waals surface area contributed by atoms with Gasteiger partial charge in [0.25, 0.3) is 0 Å². The summed E-state index contributed by atoms with van der Waals surface area (Å²) < 4.78 is 4.53. The standard InChI is InChI=1S/C32H18N4/c33-19-21-10-14-30-27(16-21)28-17-22(20-34)11-15-31(28)36(30)24-12-13-26-25-8-4-5-9-29(25)35(32(26)18-24)23-6-2-1-3-7-23/h1-18H. The predicted molar refractivity (Wildman–Crippen MR) is 145 cm³/mol. The number of benzene rings is 5. The SMILES string of the molecule is N#Cc1ccc2c(c1)c1cc(C#N)ccc1n2-c1ccc2c3ccccc3n(-c3ccccc3)c2c1. The van der Waals surface area contributed by atoms with E-state index in [1.165, 1.54) is 10.8 Å². The van der Waals surface area contributed by atoms with Crippen LogP contribution in [0.2, 0.25) is 0 Å². The number of para-hydroxylation sites is 2. The van der Waals surface area contributed by atoms with Gasteiger partial charge in [-0.15, -0.1) is 0 Å². The Kier molecular flexibility index (Phi) is 4.24. The van der Waals surface area contributed by atoms with Crippen molar-refractivity contribution in [3.8, 4) is 23.5 Å². The van der Waals surface area contributed by atoms with Gasteiger partial charge in [0.2, 0.25) is 0 Å². The van der Waals surface area contributed by atoms with E-state index in [0.29, 0.717) is 11.1 Å². The van der Waals surface area contributed by atoms with Crippen molar-refractivity contribution in [2.75, 3.05) is 0 Å². The molecule has 0 amide bonds. The van der Waals surface area contributed by atoms with Gasteiger partial charge in [0.1, 0.15) is 0 Å². The third-order valence-corrected chi connectivity index (χ3v) is 6.95. The van der Waals surface area contributed by atoms with Crippen LogP contribution in [0.15, 0.2) is 109 Å². The third-order valence-electron chi connectivity index (χ3n) is 6.95. The lowest BCUT2D eigenvalue weighted by Gasteiger charge is -2.11. The van der Waals surface area contributed by atoms with Crippen molar-refractivity contribution in [3.05, 3.63) is 120 Å². The van der Waals surface area contributed by atoms with Gasteiger partial charge in [0.15, 0.2) is 0 Å². The topological polar surface area (TPSA) is 57.4 Å². The number of nitriles is 2. The van der Waals surface area contributed by atoms with Gasteiger partial charge in [-0.25, -0.2) is 0 Å². The molecule has 0 saturated heterocycles. The quantitative estimate of drug-likeness (QED) is 0.267. The van der Waals surface area contributed by atoms with Crippen molar-refractivity contribution in [1.29, 1.82) is 10.5 Å². The molecule has 0 saturated carbocycles. The van der Waals surface area contributed by atoms with Gasteiger partial charge < -0.3 is 9.13 Å². The molecule has 5 aromatic carbocycles. The van der Waals surface area contributed by atoms with Crippen LogP contribution in [0.4, 0.5) is 0 Å². The molecule has 0 fully saturated rings. The Morgan fingerprint density at radius 3 is 1.64 bits per heavy atom. The molecule has 166 valence electrons. The average molecular weight is 459 g/mol. The molecular weight excluding hydrogens is 440 g/mol. The lowest BCUT2D eigenvalue weighted by Crippen LogP contribution is -1.97. The van der Waals surface area contributed by atoms with Crippen molar-refractivity contribution >= 4 is 43.6 Å². The van der Waals surface area contributed by atoms with Crippen LogP contribution in [-0.4, -0.2) is 9.13 Å². The summed E-state index contributed by atoms with van der Waals surface area (Å²) in [6.45, 7) is 0. The van der Waals surface area contributed by atoms with Crippen LogP contribution in [-0.2, 0) is 0 Å². The van der Waals surface area contributed by atoms with E-state index in [0.717, 1.165) is 44.2 Å². The van der Waals surface area contributed by atoms with E-state index >= 15 is 0 Å². The molecule has 0 N–H and O–H groups in total. The summed E-state index contributed by atoms with van der Waals surface area (Å²) in [7, 11) is 0. The maximum atomic E-state index is 9.51. The van der Waals surface area contributed by atoms with Crippen molar-refractivity contribution in [3.63, 3.8) is 0 Å². The van der Waals surface area contributed by atoms with Gasteiger partial charge in [-0.2, -0.15) is 10.5 Å². The third kappa shape index (κ3) is 2.79. The first kappa shape index (κ1) is 20.1. The van der Waals surface area contributed by atoms with Crippen LogP contribution >= 0.6 is 0 Å². The lowest BCUT2D eigenvalue weighted by molar-refractivity contribution is 1.15. The van der Waals surface area contributed by atoms with Crippen molar-refractivity contribution in [1.82, 2.24) is 9.13 Å². The molecule has 0 aliphatic rings. The first-order chi connectivity index (χ1) is 17.8. The van der Waals surface area contributed by atoms with Gasteiger partial charge in [-0.3, -0.25) is 0 Å². The molecule has 36 heavy (non-hydrogen) atoms. The van der Waals surface area contributed by atoms with Crippen LogP contribution in [0, 0.1) is 22.7 Å². The molecule has 0 spiro atoms. The largest absolute Gasteiger partial charge is 0.309 e. The second-order valence-corrected chi connectivity index (χ2v) is 8.91. The molecule has 4 nitrogen and oxygen atoms in total. The molecule has 2 aromatic heterocycles. The van der Waals surface area contributed by atoms with Gasteiger partial charge in [-0.05, 0) is 66.7 Å². The zero-order valence-electron chi connectivity index (χ0n) is 19.2. The first-order valence-electron chi connectivity index (χ1n) is 11.7. The Morgan fingerprint density at radius 2 is 0.972 bits per heavy atom.